The molecule has 2 aromatic rings. The molecule has 1 aromatic carbocycles. The molecule has 0 atom stereocenters. The van der Waals surface area contributed by atoms with E-state index in [-0.39, 0.29) is 5.56 Å². The highest BCUT2D eigenvalue weighted by atomic mass is 19.4. The lowest BCUT2D eigenvalue weighted by Crippen LogP contribution is -2.32. The molecule has 0 bridgehead atoms. The molecule has 0 unspecified atom stereocenters. The number of halogens is 3. The molecule has 0 N–H and O–H groups in total. The van der Waals surface area contributed by atoms with Crippen molar-refractivity contribution in [2.75, 3.05) is 18.6 Å². The van der Waals surface area contributed by atoms with Crippen molar-refractivity contribution in [3.05, 3.63) is 40.6 Å². The Morgan fingerprint density at radius 2 is 1.83 bits per heavy atom. The zero-order chi connectivity index (χ0) is 18.1. The van der Waals surface area contributed by atoms with Gasteiger partial charge in [0.05, 0.1) is 5.56 Å². The Bertz CT molecular complexity index is 733. The van der Waals surface area contributed by atoms with Gasteiger partial charge >= 0.3 is 12.1 Å². The maximum atomic E-state index is 12.6. The molecule has 0 aliphatic heterocycles. The molecule has 130 valence electrons. The summed E-state index contributed by atoms with van der Waals surface area (Å²) in [6.07, 6.45) is -4.63. The van der Waals surface area contributed by atoms with E-state index in [9.17, 15) is 18.0 Å². The second-order valence-corrected chi connectivity index (χ2v) is 5.42. The van der Waals surface area contributed by atoms with Crippen molar-refractivity contribution in [3.8, 4) is 5.95 Å². The number of aromatic nitrogens is 1. The minimum absolute atomic E-state index is 0.287. The second kappa shape index (κ2) is 6.54. The first kappa shape index (κ1) is 17.8. The molecule has 0 fully saturated rings. The van der Waals surface area contributed by atoms with E-state index in [1.165, 1.54) is 11.8 Å². The predicted molar refractivity (Wildman–Crippen MR) is 81.1 cm³/mol. The van der Waals surface area contributed by atoms with Crippen molar-refractivity contribution in [1.29, 1.82) is 0 Å². The van der Waals surface area contributed by atoms with Crippen molar-refractivity contribution in [2.45, 2.75) is 26.9 Å². The van der Waals surface area contributed by atoms with E-state index in [0.29, 0.717) is 0 Å². The molecule has 0 saturated carbocycles. The topological polar surface area (TPSA) is 55.6 Å². The van der Waals surface area contributed by atoms with Crippen molar-refractivity contribution in [3.63, 3.8) is 0 Å². The van der Waals surface area contributed by atoms with Crippen LogP contribution >= 0.6 is 0 Å². The molecule has 8 heteroatoms. The summed E-state index contributed by atoms with van der Waals surface area (Å²) in [4.78, 5) is 13.7. The predicted octanol–water partition coefficient (Wildman–Crippen LogP) is 3.66. The maximum Gasteiger partial charge on any atom is 0.437 e. The van der Waals surface area contributed by atoms with E-state index < -0.39 is 30.3 Å². The molecule has 1 aromatic heterocycles. The fourth-order valence-electron chi connectivity index (χ4n) is 2.40. The molecule has 0 aliphatic rings. The highest BCUT2D eigenvalue weighted by Crippen LogP contribution is 2.34. The number of carbonyl (C=O) groups is 1. The lowest BCUT2D eigenvalue weighted by atomic mass is 10.1. The van der Waals surface area contributed by atoms with E-state index >= 15 is 0 Å². The number of nitrogens with zero attached hydrogens (tertiary/aromatic N) is 2. The molecule has 1 heterocycles. The van der Waals surface area contributed by atoms with Crippen LogP contribution in [0.15, 0.2) is 22.7 Å². The van der Waals surface area contributed by atoms with Crippen LogP contribution in [0.5, 0.6) is 5.95 Å². The Kier molecular flexibility index (Phi) is 4.86. The van der Waals surface area contributed by atoms with Crippen molar-refractivity contribution < 1.29 is 27.2 Å². The van der Waals surface area contributed by atoms with Crippen molar-refractivity contribution in [1.82, 2.24) is 5.16 Å². The number of alkyl halides is 3. The summed E-state index contributed by atoms with van der Waals surface area (Å²) < 4.78 is 47.6. The molecule has 0 aliphatic carbocycles. The summed E-state index contributed by atoms with van der Waals surface area (Å²) in [6, 6.07) is 5.60. The average molecular weight is 342 g/mol. The molecular weight excluding hydrogens is 325 g/mol. The summed E-state index contributed by atoms with van der Waals surface area (Å²) in [5.74, 6) is -0.831. The third-order valence-electron chi connectivity index (χ3n) is 3.63. The van der Waals surface area contributed by atoms with Gasteiger partial charge in [-0.25, -0.2) is 0 Å². The molecule has 2 rings (SSSR count). The Labute approximate surface area is 137 Å². The zero-order valence-electron chi connectivity index (χ0n) is 13.7. The number of likely N-dealkylation sites (N-methyl/N-ethyl adjacent to an activating group) is 1. The van der Waals surface area contributed by atoms with Gasteiger partial charge in [-0.15, -0.1) is 0 Å². The second-order valence-electron chi connectivity index (χ2n) is 5.42. The van der Waals surface area contributed by atoms with E-state index in [2.05, 4.69) is 9.68 Å². The zero-order valence-corrected chi connectivity index (χ0v) is 13.7. The highest BCUT2D eigenvalue weighted by Gasteiger charge is 2.38. The van der Waals surface area contributed by atoms with Crippen molar-refractivity contribution in [2.24, 2.45) is 0 Å². The third kappa shape index (κ3) is 3.52. The summed E-state index contributed by atoms with van der Waals surface area (Å²) in [5, 5.41) is 2.95. The maximum absolute atomic E-state index is 12.6. The molecule has 0 radical (unpaired) electrons. The van der Waals surface area contributed by atoms with Crippen LogP contribution in [0.3, 0.4) is 0 Å². The Morgan fingerprint density at radius 3 is 2.33 bits per heavy atom. The van der Waals surface area contributed by atoms with Crippen LogP contribution in [-0.4, -0.2) is 24.7 Å². The van der Waals surface area contributed by atoms with E-state index in [1.807, 2.05) is 32.0 Å². The number of ether oxygens (including phenoxy) is 1. The Balaban J connectivity index is 2.10. The molecule has 0 spiro atoms. The van der Waals surface area contributed by atoms with Gasteiger partial charge in [0.25, 0.3) is 5.91 Å². The van der Waals surface area contributed by atoms with E-state index in [4.69, 9.17) is 4.74 Å². The van der Waals surface area contributed by atoms with Gasteiger partial charge in [0.15, 0.2) is 12.3 Å². The van der Waals surface area contributed by atoms with Gasteiger partial charge < -0.3 is 14.2 Å². The Morgan fingerprint density at radius 1 is 1.25 bits per heavy atom. The largest absolute Gasteiger partial charge is 0.453 e. The van der Waals surface area contributed by atoms with Crippen LogP contribution in [0.4, 0.5) is 18.9 Å². The first-order chi connectivity index (χ1) is 11.1. The van der Waals surface area contributed by atoms with Gasteiger partial charge in [-0.1, -0.05) is 23.4 Å². The monoisotopic (exact) mass is 342 g/mol. The quantitative estimate of drug-likeness (QED) is 0.851. The smallest absolute Gasteiger partial charge is 0.437 e. The number of aryl methyl sites for hydroxylation is 2. The van der Waals surface area contributed by atoms with E-state index in [0.717, 1.165) is 16.8 Å². The van der Waals surface area contributed by atoms with Gasteiger partial charge in [0.1, 0.15) is 0 Å². The fraction of sp³-hybridized carbons (Fsp3) is 0.375. The molecule has 0 saturated heterocycles. The number of para-hydroxylation sites is 1. The normalized spacial score (nSPS) is 11.5. The number of anilines is 1. The number of amides is 1. The standard InChI is InChI=1S/C16H17F3N2O3/c1-9-6-5-7-10(2)13(9)21(4)12(22)8-23-15-11(3)14(20-24-15)16(17,18)19/h5-7H,8H2,1-4H3. The van der Waals surface area contributed by atoms with Crippen LogP contribution in [-0.2, 0) is 11.0 Å². The van der Waals surface area contributed by atoms with Crippen molar-refractivity contribution >= 4 is 11.6 Å². The van der Waals surface area contributed by atoms with E-state index in [1.54, 1.807) is 7.05 Å². The van der Waals surface area contributed by atoms with Gasteiger partial charge in [-0.2, -0.15) is 13.2 Å². The summed E-state index contributed by atoms with van der Waals surface area (Å²) >= 11 is 0. The number of hydrogen-bond donors (Lipinski definition) is 0. The number of carbonyl (C=O) groups excluding carboxylic acids is 1. The number of rotatable bonds is 4. The minimum atomic E-state index is -4.63. The molecular formula is C16H17F3N2O3. The SMILES string of the molecule is Cc1cccc(C)c1N(C)C(=O)COc1onc(C(F)(F)F)c1C. The Hall–Kier alpha value is -2.51. The summed E-state index contributed by atoms with van der Waals surface area (Å²) in [7, 11) is 1.58. The number of benzene rings is 1. The minimum Gasteiger partial charge on any atom is -0.453 e. The number of hydrogen-bond acceptors (Lipinski definition) is 4. The molecule has 1 amide bonds. The highest BCUT2D eigenvalue weighted by molar-refractivity contribution is 5.95. The van der Waals surface area contributed by atoms with Crippen LogP contribution in [0, 0.1) is 20.8 Å². The van der Waals surface area contributed by atoms with Crippen LogP contribution in [0.1, 0.15) is 22.4 Å². The average Bonchev–Trinajstić information content (AvgIpc) is 2.85. The van der Waals surface area contributed by atoms with Crippen LogP contribution in [0.2, 0.25) is 0 Å². The lowest BCUT2D eigenvalue weighted by molar-refractivity contribution is -0.143. The molecule has 5 nitrogen and oxygen atoms in total. The first-order valence-corrected chi connectivity index (χ1v) is 7.12. The van der Waals surface area contributed by atoms with Gasteiger partial charge in [-0.05, 0) is 31.9 Å². The lowest BCUT2D eigenvalue weighted by Gasteiger charge is -2.21. The van der Waals surface area contributed by atoms with Crippen LogP contribution in [0.25, 0.3) is 0 Å². The van der Waals surface area contributed by atoms with Gasteiger partial charge in [-0.3, -0.25) is 4.79 Å². The summed E-state index contributed by atoms with van der Waals surface area (Å²) in [6.45, 7) is 4.44. The van der Waals surface area contributed by atoms with Gasteiger partial charge in [0.2, 0.25) is 0 Å². The fourth-order valence-corrected chi connectivity index (χ4v) is 2.40. The first-order valence-electron chi connectivity index (χ1n) is 7.12. The van der Waals surface area contributed by atoms with Crippen LogP contribution < -0.4 is 9.64 Å². The summed E-state index contributed by atoms with van der Waals surface area (Å²) in [5.41, 5.74) is 1.09. The van der Waals surface area contributed by atoms with Gasteiger partial charge in [0, 0.05) is 12.7 Å². The third-order valence-corrected chi connectivity index (χ3v) is 3.63. The molecule has 24 heavy (non-hydrogen) atoms.